The summed E-state index contributed by atoms with van der Waals surface area (Å²) in [6.45, 7) is 1.88. The highest BCUT2D eigenvalue weighted by Gasteiger charge is 2.30. The molecule has 8 heteroatoms. The number of halogens is 3. The molecule has 28 heavy (non-hydrogen) atoms. The Balaban J connectivity index is 1.58. The molecular formula is C20H18F3N3O2. The second kappa shape index (κ2) is 8.24. The molecule has 5 nitrogen and oxygen atoms in total. The first-order valence-corrected chi connectivity index (χ1v) is 8.67. The van der Waals surface area contributed by atoms with Gasteiger partial charge in [-0.1, -0.05) is 47.6 Å². The fraction of sp³-hybridized carbons (Fsp3) is 0.250. The summed E-state index contributed by atoms with van der Waals surface area (Å²) in [4.78, 5) is 16.2. The lowest BCUT2D eigenvalue weighted by Gasteiger charge is -2.13. The SMILES string of the molecule is C[C@H](NC(=O)CCc1nc(-c2cccc(C(F)(F)F)c2)no1)c1ccccc1. The van der Waals surface area contributed by atoms with Crippen molar-refractivity contribution in [1.29, 1.82) is 0 Å². The van der Waals surface area contributed by atoms with Crippen LogP contribution in [0.3, 0.4) is 0 Å². The van der Waals surface area contributed by atoms with Crippen molar-refractivity contribution in [2.45, 2.75) is 32.0 Å². The molecule has 0 unspecified atom stereocenters. The van der Waals surface area contributed by atoms with Crippen LogP contribution in [-0.2, 0) is 17.4 Å². The maximum absolute atomic E-state index is 12.8. The summed E-state index contributed by atoms with van der Waals surface area (Å²) in [5.41, 5.74) is 0.401. The highest BCUT2D eigenvalue weighted by atomic mass is 19.4. The van der Waals surface area contributed by atoms with Crippen molar-refractivity contribution >= 4 is 5.91 Å². The molecule has 2 aromatic carbocycles. The Labute approximate surface area is 159 Å². The zero-order valence-corrected chi connectivity index (χ0v) is 15.0. The van der Waals surface area contributed by atoms with E-state index in [-0.39, 0.29) is 42.1 Å². The van der Waals surface area contributed by atoms with Crippen molar-refractivity contribution in [3.05, 3.63) is 71.6 Å². The molecule has 3 aromatic rings. The average Bonchev–Trinajstić information content (AvgIpc) is 3.16. The van der Waals surface area contributed by atoms with E-state index in [1.165, 1.54) is 12.1 Å². The minimum atomic E-state index is -4.45. The van der Waals surface area contributed by atoms with Gasteiger partial charge in [-0.2, -0.15) is 18.2 Å². The van der Waals surface area contributed by atoms with Crippen LogP contribution in [0.25, 0.3) is 11.4 Å². The van der Waals surface area contributed by atoms with Gasteiger partial charge in [0, 0.05) is 18.4 Å². The van der Waals surface area contributed by atoms with Crippen LogP contribution in [0.1, 0.15) is 36.4 Å². The number of carbonyl (C=O) groups excluding carboxylic acids is 1. The van der Waals surface area contributed by atoms with E-state index in [4.69, 9.17) is 4.52 Å². The lowest BCUT2D eigenvalue weighted by atomic mass is 10.1. The first-order valence-electron chi connectivity index (χ1n) is 8.67. The minimum Gasteiger partial charge on any atom is -0.350 e. The Kier molecular flexibility index (Phi) is 5.77. The zero-order chi connectivity index (χ0) is 20.1. The topological polar surface area (TPSA) is 68.0 Å². The predicted molar refractivity (Wildman–Crippen MR) is 96.1 cm³/mol. The summed E-state index contributed by atoms with van der Waals surface area (Å²) < 4.78 is 43.5. The van der Waals surface area contributed by atoms with Crippen LogP contribution in [0.5, 0.6) is 0 Å². The molecule has 1 atom stereocenters. The molecular weight excluding hydrogens is 371 g/mol. The Morgan fingerprint density at radius 1 is 1.14 bits per heavy atom. The van der Waals surface area contributed by atoms with E-state index in [1.807, 2.05) is 37.3 Å². The molecule has 0 saturated carbocycles. The Morgan fingerprint density at radius 2 is 1.89 bits per heavy atom. The van der Waals surface area contributed by atoms with Gasteiger partial charge >= 0.3 is 6.18 Å². The van der Waals surface area contributed by atoms with Gasteiger partial charge < -0.3 is 9.84 Å². The number of hydrogen-bond donors (Lipinski definition) is 1. The molecule has 146 valence electrons. The van der Waals surface area contributed by atoms with Crippen LogP contribution in [-0.4, -0.2) is 16.0 Å². The number of amides is 1. The van der Waals surface area contributed by atoms with Crippen LogP contribution in [0.4, 0.5) is 13.2 Å². The number of hydrogen-bond acceptors (Lipinski definition) is 4. The minimum absolute atomic E-state index is 0.0548. The van der Waals surface area contributed by atoms with Crippen LogP contribution >= 0.6 is 0 Å². The van der Waals surface area contributed by atoms with Gasteiger partial charge in [-0.05, 0) is 24.6 Å². The van der Waals surface area contributed by atoms with E-state index in [1.54, 1.807) is 0 Å². The number of benzene rings is 2. The monoisotopic (exact) mass is 389 g/mol. The Hall–Kier alpha value is -3.16. The predicted octanol–water partition coefficient (Wildman–Crippen LogP) is 4.57. The van der Waals surface area contributed by atoms with Gasteiger partial charge in [0.2, 0.25) is 17.6 Å². The summed E-state index contributed by atoms with van der Waals surface area (Å²) in [7, 11) is 0. The van der Waals surface area contributed by atoms with Crippen molar-refractivity contribution < 1.29 is 22.5 Å². The largest absolute Gasteiger partial charge is 0.416 e. The van der Waals surface area contributed by atoms with Gasteiger partial charge in [0.15, 0.2) is 0 Å². The maximum Gasteiger partial charge on any atom is 0.416 e. The van der Waals surface area contributed by atoms with E-state index in [0.717, 1.165) is 17.7 Å². The van der Waals surface area contributed by atoms with E-state index >= 15 is 0 Å². The molecule has 0 bridgehead atoms. The number of nitrogens with zero attached hydrogens (tertiary/aromatic N) is 2. The summed E-state index contributed by atoms with van der Waals surface area (Å²) in [5, 5.41) is 6.59. The van der Waals surface area contributed by atoms with Crippen molar-refractivity contribution in [3.8, 4) is 11.4 Å². The van der Waals surface area contributed by atoms with Crippen LogP contribution in [0, 0.1) is 0 Å². The molecule has 0 fully saturated rings. The van der Waals surface area contributed by atoms with Crippen LogP contribution < -0.4 is 5.32 Å². The second-order valence-corrected chi connectivity index (χ2v) is 6.29. The number of nitrogens with one attached hydrogen (secondary N) is 1. The summed E-state index contributed by atoms with van der Waals surface area (Å²) >= 11 is 0. The van der Waals surface area contributed by atoms with E-state index < -0.39 is 11.7 Å². The molecule has 0 spiro atoms. The zero-order valence-electron chi connectivity index (χ0n) is 15.0. The van der Waals surface area contributed by atoms with Crippen molar-refractivity contribution in [3.63, 3.8) is 0 Å². The van der Waals surface area contributed by atoms with Gasteiger partial charge in [0.1, 0.15) is 0 Å². The van der Waals surface area contributed by atoms with Crippen molar-refractivity contribution in [2.75, 3.05) is 0 Å². The highest BCUT2D eigenvalue weighted by molar-refractivity contribution is 5.76. The molecule has 1 N–H and O–H groups in total. The third kappa shape index (κ3) is 4.97. The Bertz CT molecular complexity index is 939. The summed E-state index contributed by atoms with van der Waals surface area (Å²) in [5.74, 6) is 0.0595. The standard InChI is InChI=1S/C20H18F3N3O2/c1-13(14-6-3-2-4-7-14)24-17(27)10-11-18-25-19(26-28-18)15-8-5-9-16(12-15)20(21,22)23/h2-9,12-13H,10-11H2,1H3,(H,24,27)/t13-/m0/s1. The third-order valence-corrected chi connectivity index (χ3v) is 4.16. The van der Waals surface area contributed by atoms with Gasteiger partial charge in [0.25, 0.3) is 0 Å². The van der Waals surface area contributed by atoms with Crippen molar-refractivity contribution in [2.24, 2.45) is 0 Å². The first-order chi connectivity index (χ1) is 13.3. The number of rotatable bonds is 6. The average molecular weight is 389 g/mol. The molecule has 0 aliphatic carbocycles. The number of alkyl halides is 3. The second-order valence-electron chi connectivity index (χ2n) is 6.29. The molecule has 3 rings (SSSR count). The van der Waals surface area contributed by atoms with Gasteiger partial charge in [-0.3, -0.25) is 4.79 Å². The smallest absolute Gasteiger partial charge is 0.350 e. The third-order valence-electron chi connectivity index (χ3n) is 4.16. The number of aryl methyl sites for hydroxylation is 1. The van der Waals surface area contributed by atoms with E-state index in [0.29, 0.717) is 0 Å². The molecule has 0 aliphatic heterocycles. The molecule has 1 aromatic heterocycles. The highest BCUT2D eigenvalue weighted by Crippen LogP contribution is 2.31. The lowest BCUT2D eigenvalue weighted by molar-refractivity contribution is -0.137. The molecule has 0 radical (unpaired) electrons. The molecule has 0 aliphatic rings. The number of aromatic nitrogens is 2. The molecule has 1 heterocycles. The summed E-state index contributed by atoms with van der Waals surface area (Å²) in [6.07, 6.45) is -4.13. The molecule has 0 saturated heterocycles. The van der Waals surface area contributed by atoms with E-state index in [9.17, 15) is 18.0 Å². The van der Waals surface area contributed by atoms with Gasteiger partial charge in [-0.15, -0.1) is 0 Å². The Morgan fingerprint density at radius 3 is 2.61 bits per heavy atom. The van der Waals surface area contributed by atoms with Crippen LogP contribution in [0.2, 0.25) is 0 Å². The van der Waals surface area contributed by atoms with Crippen LogP contribution in [0.15, 0.2) is 59.1 Å². The quantitative estimate of drug-likeness (QED) is 0.671. The van der Waals surface area contributed by atoms with Crippen molar-refractivity contribution in [1.82, 2.24) is 15.5 Å². The van der Waals surface area contributed by atoms with Gasteiger partial charge in [-0.25, -0.2) is 0 Å². The normalized spacial score (nSPS) is 12.6. The molecule has 1 amide bonds. The maximum atomic E-state index is 12.8. The number of carbonyl (C=O) groups is 1. The first kappa shape index (κ1) is 19.6. The lowest BCUT2D eigenvalue weighted by Crippen LogP contribution is -2.26. The van der Waals surface area contributed by atoms with Gasteiger partial charge in [0.05, 0.1) is 11.6 Å². The fourth-order valence-electron chi connectivity index (χ4n) is 2.67. The fourth-order valence-corrected chi connectivity index (χ4v) is 2.67. The summed E-state index contributed by atoms with van der Waals surface area (Å²) in [6, 6.07) is 14.1. The van der Waals surface area contributed by atoms with E-state index in [2.05, 4.69) is 15.5 Å².